The summed E-state index contributed by atoms with van der Waals surface area (Å²) in [6.07, 6.45) is 1.91. The Balaban J connectivity index is 3.03. The standard InChI is InChI=1S/C13H17NO/c1-5-13(14-11(4)15)12-7-6-9(2)10(3)8-12/h5-8H,1-4H3,(H,14,15). The quantitative estimate of drug-likeness (QED) is 0.786. The summed E-state index contributed by atoms with van der Waals surface area (Å²) in [6, 6.07) is 6.17. The molecule has 0 radical (unpaired) electrons. The lowest BCUT2D eigenvalue weighted by molar-refractivity contribution is -0.117. The minimum absolute atomic E-state index is 0.0404. The van der Waals surface area contributed by atoms with Crippen LogP contribution in [0, 0.1) is 13.8 Å². The highest BCUT2D eigenvalue weighted by Crippen LogP contribution is 2.16. The number of hydrogen-bond donors (Lipinski definition) is 1. The zero-order valence-electron chi connectivity index (χ0n) is 9.72. The molecule has 80 valence electrons. The molecule has 0 aromatic heterocycles. The summed E-state index contributed by atoms with van der Waals surface area (Å²) in [6.45, 7) is 7.58. The fourth-order valence-corrected chi connectivity index (χ4v) is 1.41. The highest BCUT2D eigenvalue weighted by molar-refractivity contribution is 5.84. The van der Waals surface area contributed by atoms with E-state index in [0.29, 0.717) is 0 Å². The molecule has 0 atom stereocenters. The summed E-state index contributed by atoms with van der Waals surface area (Å²) in [4.78, 5) is 11.0. The molecule has 0 aliphatic rings. The van der Waals surface area contributed by atoms with Crippen molar-refractivity contribution < 1.29 is 4.79 Å². The molecular weight excluding hydrogens is 186 g/mol. The van der Waals surface area contributed by atoms with Crippen molar-refractivity contribution in [2.45, 2.75) is 27.7 Å². The number of nitrogens with one attached hydrogen (secondary N) is 1. The van der Waals surface area contributed by atoms with Crippen molar-refractivity contribution in [2.24, 2.45) is 0 Å². The number of hydrogen-bond acceptors (Lipinski definition) is 1. The summed E-state index contributed by atoms with van der Waals surface area (Å²) in [7, 11) is 0. The number of aryl methyl sites for hydroxylation is 2. The molecule has 2 heteroatoms. The molecule has 0 spiro atoms. The minimum Gasteiger partial charge on any atom is -0.326 e. The largest absolute Gasteiger partial charge is 0.326 e. The lowest BCUT2D eigenvalue weighted by Crippen LogP contribution is -2.17. The normalized spacial score (nSPS) is 11.3. The molecule has 1 rings (SSSR count). The first-order chi connectivity index (χ1) is 7.04. The van der Waals surface area contributed by atoms with Crippen molar-refractivity contribution in [3.05, 3.63) is 41.0 Å². The third-order valence-corrected chi connectivity index (χ3v) is 2.42. The Hall–Kier alpha value is -1.57. The van der Waals surface area contributed by atoms with Crippen LogP contribution in [0.4, 0.5) is 0 Å². The molecule has 0 bridgehead atoms. The van der Waals surface area contributed by atoms with Gasteiger partial charge >= 0.3 is 0 Å². The highest BCUT2D eigenvalue weighted by atomic mass is 16.1. The first-order valence-electron chi connectivity index (χ1n) is 5.06. The number of carbonyl (C=O) groups excluding carboxylic acids is 1. The predicted molar refractivity (Wildman–Crippen MR) is 63.4 cm³/mol. The molecule has 2 nitrogen and oxygen atoms in total. The van der Waals surface area contributed by atoms with Gasteiger partial charge in [-0.1, -0.05) is 18.2 Å². The average molecular weight is 203 g/mol. The van der Waals surface area contributed by atoms with Gasteiger partial charge in [0, 0.05) is 12.6 Å². The summed E-state index contributed by atoms with van der Waals surface area (Å²) in [5.74, 6) is -0.0404. The molecule has 0 aliphatic carbocycles. The first kappa shape index (κ1) is 11.5. The van der Waals surface area contributed by atoms with Crippen molar-refractivity contribution >= 4 is 11.6 Å². The van der Waals surface area contributed by atoms with Crippen LogP contribution in [-0.4, -0.2) is 5.91 Å². The van der Waals surface area contributed by atoms with Crippen molar-refractivity contribution in [1.82, 2.24) is 5.32 Å². The van der Waals surface area contributed by atoms with Crippen LogP contribution in [0.3, 0.4) is 0 Å². The molecule has 15 heavy (non-hydrogen) atoms. The molecule has 0 unspecified atom stereocenters. The molecule has 1 amide bonds. The second-order valence-electron chi connectivity index (χ2n) is 3.68. The van der Waals surface area contributed by atoms with Crippen molar-refractivity contribution in [2.75, 3.05) is 0 Å². The van der Waals surface area contributed by atoms with Gasteiger partial charge in [0.05, 0.1) is 0 Å². The highest BCUT2D eigenvalue weighted by Gasteiger charge is 2.03. The number of benzene rings is 1. The third-order valence-electron chi connectivity index (χ3n) is 2.42. The Morgan fingerprint density at radius 1 is 1.27 bits per heavy atom. The smallest absolute Gasteiger partial charge is 0.221 e. The predicted octanol–water partition coefficient (Wildman–Crippen LogP) is 2.80. The second-order valence-corrected chi connectivity index (χ2v) is 3.68. The van der Waals surface area contributed by atoms with Gasteiger partial charge in [-0.25, -0.2) is 0 Å². The Morgan fingerprint density at radius 3 is 2.40 bits per heavy atom. The van der Waals surface area contributed by atoms with E-state index < -0.39 is 0 Å². The maximum absolute atomic E-state index is 11.0. The van der Waals surface area contributed by atoms with Crippen LogP contribution in [0.25, 0.3) is 5.70 Å². The lowest BCUT2D eigenvalue weighted by atomic mass is 10.0. The van der Waals surface area contributed by atoms with Gasteiger partial charge in [-0.05, 0) is 43.5 Å². The van der Waals surface area contributed by atoms with E-state index in [4.69, 9.17) is 0 Å². The Morgan fingerprint density at radius 2 is 1.93 bits per heavy atom. The van der Waals surface area contributed by atoms with Gasteiger partial charge in [0.25, 0.3) is 0 Å². The Bertz CT molecular complexity index is 405. The molecule has 1 N–H and O–H groups in total. The van der Waals surface area contributed by atoms with Crippen molar-refractivity contribution in [1.29, 1.82) is 0 Å². The summed E-state index contributed by atoms with van der Waals surface area (Å²) < 4.78 is 0. The van der Waals surface area contributed by atoms with E-state index in [1.165, 1.54) is 18.1 Å². The number of amides is 1. The molecule has 1 aromatic rings. The first-order valence-corrected chi connectivity index (χ1v) is 5.06. The number of rotatable bonds is 2. The van der Waals surface area contributed by atoms with E-state index >= 15 is 0 Å². The van der Waals surface area contributed by atoms with E-state index in [9.17, 15) is 4.79 Å². The lowest BCUT2D eigenvalue weighted by Gasteiger charge is -2.09. The minimum atomic E-state index is -0.0404. The maximum Gasteiger partial charge on any atom is 0.221 e. The van der Waals surface area contributed by atoms with E-state index in [1.807, 2.05) is 19.1 Å². The van der Waals surface area contributed by atoms with Crippen LogP contribution in [-0.2, 0) is 4.79 Å². The van der Waals surface area contributed by atoms with Crippen LogP contribution in [0.5, 0.6) is 0 Å². The fraction of sp³-hybridized carbons (Fsp3) is 0.308. The monoisotopic (exact) mass is 203 g/mol. The van der Waals surface area contributed by atoms with Gasteiger partial charge in [0.1, 0.15) is 0 Å². The zero-order chi connectivity index (χ0) is 11.4. The van der Waals surface area contributed by atoms with Gasteiger partial charge in [0.2, 0.25) is 5.91 Å². The molecule has 0 saturated heterocycles. The molecule has 1 aromatic carbocycles. The topological polar surface area (TPSA) is 29.1 Å². The van der Waals surface area contributed by atoms with Crippen molar-refractivity contribution in [3.63, 3.8) is 0 Å². The molecular formula is C13H17NO. The maximum atomic E-state index is 11.0. The van der Waals surface area contributed by atoms with Gasteiger partial charge in [-0.2, -0.15) is 0 Å². The number of allylic oxidation sites excluding steroid dienone is 1. The van der Waals surface area contributed by atoms with Crippen LogP contribution in [0.15, 0.2) is 24.3 Å². The van der Waals surface area contributed by atoms with Gasteiger partial charge < -0.3 is 5.32 Å². The second kappa shape index (κ2) is 4.78. The van der Waals surface area contributed by atoms with Crippen molar-refractivity contribution in [3.8, 4) is 0 Å². The Labute approximate surface area is 91.0 Å². The fourth-order valence-electron chi connectivity index (χ4n) is 1.41. The van der Waals surface area contributed by atoms with Crippen LogP contribution in [0.2, 0.25) is 0 Å². The van der Waals surface area contributed by atoms with Gasteiger partial charge in [0.15, 0.2) is 0 Å². The van der Waals surface area contributed by atoms with Crippen LogP contribution >= 0.6 is 0 Å². The summed E-state index contributed by atoms with van der Waals surface area (Å²) >= 11 is 0. The van der Waals surface area contributed by atoms with Gasteiger partial charge in [-0.3, -0.25) is 4.79 Å². The molecule has 0 saturated carbocycles. The van der Waals surface area contributed by atoms with Gasteiger partial charge in [-0.15, -0.1) is 0 Å². The van der Waals surface area contributed by atoms with E-state index in [1.54, 1.807) is 0 Å². The van der Waals surface area contributed by atoms with E-state index in [-0.39, 0.29) is 5.91 Å². The third kappa shape index (κ3) is 2.94. The van der Waals surface area contributed by atoms with E-state index in [0.717, 1.165) is 11.3 Å². The summed E-state index contributed by atoms with van der Waals surface area (Å²) in [5, 5.41) is 2.81. The SMILES string of the molecule is CC=C(NC(C)=O)c1ccc(C)c(C)c1. The number of carbonyl (C=O) groups is 1. The van der Waals surface area contributed by atoms with Crippen LogP contribution < -0.4 is 5.32 Å². The van der Waals surface area contributed by atoms with Crippen LogP contribution in [0.1, 0.15) is 30.5 Å². The average Bonchev–Trinajstić information content (AvgIpc) is 2.18. The van der Waals surface area contributed by atoms with E-state index in [2.05, 4.69) is 31.3 Å². The molecule has 0 aliphatic heterocycles. The summed E-state index contributed by atoms with van der Waals surface area (Å²) in [5.41, 5.74) is 4.41. The zero-order valence-corrected chi connectivity index (χ0v) is 9.72. The molecule has 0 heterocycles. The Kier molecular flexibility index (Phi) is 3.67. The molecule has 0 fully saturated rings.